The van der Waals surface area contributed by atoms with Crippen LogP contribution < -0.4 is 10.6 Å². The zero-order valence-electron chi connectivity index (χ0n) is 30.3. The van der Waals surface area contributed by atoms with Crippen LogP contribution in [0.3, 0.4) is 0 Å². The van der Waals surface area contributed by atoms with E-state index in [1.165, 1.54) is 25.4 Å². The summed E-state index contributed by atoms with van der Waals surface area (Å²) in [6.45, 7) is 7.95. The van der Waals surface area contributed by atoms with Gasteiger partial charge in [-0.15, -0.1) is 11.3 Å². The number of nitrogens with one attached hydrogen (secondary N) is 2. The lowest BCUT2D eigenvalue weighted by Gasteiger charge is -2.36. The third kappa shape index (κ3) is 10.6. The van der Waals surface area contributed by atoms with E-state index in [2.05, 4.69) is 15.6 Å². The molecule has 0 bridgehead atoms. The number of rotatable bonds is 17. The van der Waals surface area contributed by atoms with Gasteiger partial charge in [0.05, 0.1) is 19.1 Å². The fraction of sp³-hybridized carbons (Fsp3) is 0.622. The van der Waals surface area contributed by atoms with Crippen LogP contribution in [0.2, 0.25) is 0 Å². The van der Waals surface area contributed by atoms with Crippen molar-refractivity contribution in [3.05, 3.63) is 52.0 Å². The van der Waals surface area contributed by atoms with E-state index >= 15 is 0 Å². The van der Waals surface area contributed by atoms with Crippen LogP contribution in [0.15, 0.2) is 35.7 Å². The Bertz CT molecular complexity index is 1480. The Morgan fingerprint density at radius 1 is 1.04 bits per heavy atom. The van der Waals surface area contributed by atoms with Crippen molar-refractivity contribution in [2.24, 2.45) is 17.8 Å². The smallest absolute Gasteiger partial charge is 0.308 e. The predicted molar refractivity (Wildman–Crippen MR) is 190 cm³/mol. The minimum atomic E-state index is -0.803. The fourth-order valence-electron chi connectivity index (χ4n) is 6.80. The van der Waals surface area contributed by atoms with Crippen LogP contribution in [0.25, 0.3) is 0 Å². The second-order valence-corrected chi connectivity index (χ2v) is 15.0. The van der Waals surface area contributed by atoms with Gasteiger partial charge in [0.25, 0.3) is 5.91 Å². The third-order valence-corrected chi connectivity index (χ3v) is 10.7. The number of carbonyl (C=O) groups is 5. The van der Waals surface area contributed by atoms with Gasteiger partial charge in [-0.2, -0.15) is 0 Å². The lowest BCUT2D eigenvalue weighted by molar-refractivity contribution is -0.149. The van der Waals surface area contributed by atoms with Gasteiger partial charge in [-0.25, -0.2) is 4.98 Å². The number of likely N-dealkylation sites (N-methyl/N-ethyl adjacent to an activating group) is 2. The highest BCUT2D eigenvalue weighted by molar-refractivity contribution is 7.09. The van der Waals surface area contributed by atoms with E-state index in [1.807, 2.05) is 56.1 Å². The van der Waals surface area contributed by atoms with Crippen molar-refractivity contribution < 1.29 is 33.4 Å². The first-order valence-corrected chi connectivity index (χ1v) is 18.5. The number of amides is 3. The maximum absolute atomic E-state index is 14.0. The maximum atomic E-state index is 14.0. The first kappa shape index (κ1) is 39.0. The molecule has 1 saturated heterocycles. The molecule has 50 heavy (non-hydrogen) atoms. The molecule has 1 aliphatic heterocycles. The van der Waals surface area contributed by atoms with Crippen molar-refractivity contribution in [2.45, 2.75) is 103 Å². The first-order chi connectivity index (χ1) is 23.8. The van der Waals surface area contributed by atoms with E-state index in [4.69, 9.17) is 9.47 Å². The topological polar surface area (TPSA) is 147 Å². The average Bonchev–Trinajstić information content (AvgIpc) is 3.62. The van der Waals surface area contributed by atoms with Crippen LogP contribution in [-0.2, 0) is 35.1 Å². The highest BCUT2D eigenvalue weighted by Gasteiger charge is 2.42. The molecule has 1 aromatic carbocycles. The zero-order valence-corrected chi connectivity index (χ0v) is 31.2. The molecular formula is C37H53N5O7S. The van der Waals surface area contributed by atoms with Gasteiger partial charge >= 0.3 is 11.9 Å². The Morgan fingerprint density at radius 3 is 2.32 bits per heavy atom. The van der Waals surface area contributed by atoms with Crippen molar-refractivity contribution in [1.82, 2.24) is 25.4 Å². The van der Waals surface area contributed by atoms with Crippen molar-refractivity contribution in [2.75, 3.05) is 27.7 Å². The van der Waals surface area contributed by atoms with Crippen molar-refractivity contribution in [1.29, 1.82) is 0 Å². The summed E-state index contributed by atoms with van der Waals surface area (Å²) in [5.41, 5.74) is 1.18. The Morgan fingerprint density at radius 2 is 1.74 bits per heavy atom. The molecule has 2 aromatic rings. The van der Waals surface area contributed by atoms with Crippen molar-refractivity contribution in [3.63, 3.8) is 0 Å². The van der Waals surface area contributed by atoms with Crippen LogP contribution in [0.1, 0.15) is 93.4 Å². The third-order valence-electron chi connectivity index (χ3n) is 9.79. The van der Waals surface area contributed by atoms with Gasteiger partial charge in [-0.3, -0.25) is 28.9 Å². The minimum absolute atomic E-state index is 0.0168. The van der Waals surface area contributed by atoms with Crippen molar-refractivity contribution >= 4 is 41.0 Å². The highest BCUT2D eigenvalue weighted by atomic mass is 32.1. The number of thiazole rings is 1. The van der Waals surface area contributed by atoms with Gasteiger partial charge in [0.15, 0.2) is 6.10 Å². The van der Waals surface area contributed by atoms with E-state index in [0.717, 1.165) is 37.8 Å². The molecule has 12 nitrogen and oxygen atoms in total. The van der Waals surface area contributed by atoms with Gasteiger partial charge in [0.1, 0.15) is 16.7 Å². The molecule has 3 amide bonds. The number of hydrogen-bond donors (Lipinski definition) is 2. The summed E-state index contributed by atoms with van der Waals surface area (Å²) < 4.78 is 10.7. The number of benzene rings is 1. The lowest BCUT2D eigenvalue weighted by atomic mass is 9.95. The lowest BCUT2D eigenvalue weighted by Crippen LogP contribution is -2.55. The van der Waals surface area contributed by atoms with Crippen LogP contribution >= 0.6 is 11.3 Å². The zero-order chi connectivity index (χ0) is 36.5. The summed E-state index contributed by atoms with van der Waals surface area (Å²) in [7, 11) is 5.02. The molecule has 1 aromatic heterocycles. The first-order valence-electron chi connectivity index (χ1n) is 17.6. The second kappa shape index (κ2) is 17.9. The molecular weight excluding hydrogens is 659 g/mol. The number of esters is 2. The number of likely N-dealkylation sites (tertiary alicyclic amines) is 1. The predicted octanol–water partition coefficient (Wildman–Crippen LogP) is 4.15. The molecule has 0 radical (unpaired) electrons. The molecule has 1 saturated carbocycles. The fourth-order valence-corrected chi connectivity index (χ4v) is 7.64. The molecule has 0 spiro atoms. The second-order valence-electron chi connectivity index (χ2n) is 14.1. The Kier molecular flexibility index (Phi) is 13.9. The van der Waals surface area contributed by atoms with Gasteiger partial charge < -0.3 is 25.0 Å². The van der Waals surface area contributed by atoms with E-state index in [-0.39, 0.29) is 59.9 Å². The number of methoxy groups -OCH3 is 1. The molecule has 6 atom stereocenters. The monoisotopic (exact) mass is 711 g/mol. The minimum Gasteiger partial charge on any atom is -0.469 e. The van der Waals surface area contributed by atoms with Crippen LogP contribution in [-0.4, -0.2) is 96.4 Å². The molecule has 2 N–H and O–H groups in total. The van der Waals surface area contributed by atoms with E-state index in [1.54, 1.807) is 24.3 Å². The Balaban J connectivity index is 1.49. The normalized spacial score (nSPS) is 19.2. The number of nitrogens with zero attached hydrogens (tertiary/aromatic N) is 3. The average molecular weight is 712 g/mol. The molecule has 2 aliphatic rings. The maximum Gasteiger partial charge on any atom is 0.308 e. The molecule has 4 rings (SSSR count). The molecule has 2 heterocycles. The van der Waals surface area contributed by atoms with Crippen LogP contribution in [0, 0.1) is 17.8 Å². The van der Waals surface area contributed by atoms with Gasteiger partial charge in [-0.1, -0.05) is 51.1 Å². The van der Waals surface area contributed by atoms with Gasteiger partial charge in [0.2, 0.25) is 11.8 Å². The Hall–Kier alpha value is -3.84. The van der Waals surface area contributed by atoms with Crippen molar-refractivity contribution in [3.8, 4) is 0 Å². The molecule has 274 valence electrons. The summed E-state index contributed by atoms with van der Waals surface area (Å²) in [4.78, 5) is 73.5. The number of ether oxygens (including phenoxy) is 2. The van der Waals surface area contributed by atoms with E-state index in [0.29, 0.717) is 17.8 Å². The standard InChI is InChI=1S/C37H53N5O7S/c1-22(2)30(42(6)36(46)32(26-15-16-26)40-34(45)29-14-11-17-41(29)5)20-31(49-24(4)43)35-39-28(21-50-35)33(44)38-27(18-23(3)37(47)48-7)19-25-12-9-8-10-13-25/h8-10,12-13,21-23,26-27,29-32H,11,14-20H2,1-7H3,(H,38,44)(H,40,45)/t23-,27+,29+,30+,31+,32-/m0/s1. The SMILES string of the molecule is COC(=O)[C@@H](C)C[C@H](Cc1ccccc1)NC(=O)c1csc([C@@H](C[C@H](C(C)C)N(C)C(=O)[C@@H](NC(=O)[C@H]2CCCN2C)C2CC2)OC(C)=O)n1. The summed E-state index contributed by atoms with van der Waals surface area (Å²) in [5.74, 6) is -1.89. The number of carbonyl (C=O) groups excluding carboxylic acids is 5. The van der Waals surface area contributed by atoms with Crippen LogP contribution in [0.5, 0.6) is 0 Å². The quantitative estimate of drug-likeness (QED) is 0.231. The van der Waals surface area contributed by atoms with E-state index < -0.39 is 29.9 Å². The van der Waals surface area contributed by atoms with Crippen LogP contribution in [0.4, 0.5) is 0 Å². The molecule has 13 heteroatoms. The largest absolute Gasteiger partial charge is 0.469 e. The number of aromatic nitrogens is 1. The van der Waals surface area contributed by atoms with E-state index in [9.17, 15) is 24.0 Å². The summed E-state index contributed by atoms with van der Waals surface area (Å²) in [6.07, 6.45) is 3.83. The number of hydrogen-bond acceptors (Lipinski definition) is 10. The Labute approximate surface area is 299 Å². The molecule has 1 aliphatic carbocycles. The molecule has 0 unspecified atom stereocenters. The van der Waals surface area contributed by atoms with Gasteiger partial charge in [-0.05, 0) is 69.5 Å². The van der Waals surface area contributed by atoms with Gasteiger partial charge in [0, 0.05) is 37.9 Å². The molecule has 2 fully saturated rings. The summed E-state index contributed by atoms with van der Waals surface area (Å²) in [5, 5.41) is 8.18. The summed E-state index contributed by atoms with van der Waals surface area (Å²) in [6, 6.07) is 8.13. The highest BCUT2D eigenvalue weighted by Crippen LogP contribution is 2.36. The summed E-state index contributed by atoms with van der Waals surface area (Å²) >= 11 is 1.21.